The van der Waals surface area contributed by atoms with Gasteiger partial charge in [-0.2, -0.15) is 0 Å². The third-order valence-electron chi connectivity index (χ3n) is 3.08. The fraction of sp³-hybridized carbons (Fsp3) is 0.125. The molecule has 0 N–H and O–H groups in total. The van der Waals surface area contributed by atoms with E-state index in [4.69, 9.17) is 4.74 Å². The number of fused-ring (bicyclic) bond motifs is 1. The first kappa shape index (κ1) is 12.3. The number of hydrogen-bond donors (Lipinski definition) is 0. The van der Waals surface area contributed by atoms with Crippen molar-refractivity contribution in [3.05, 3.63) is 65.3 Å². The first-order valence-electron chi connectivity index (χ1n) is 6.25. The van der Waals surface area contributed by atoms with Crippen molar-refractivity contribution in [1.82, 2.24) is 4.57 Å². The zero-order valence-electron chi connectivity index (χ0n) is 10.4. The van der Waals surface area contributed by atoms with E-state index in [9.17, 15) is 0 Å². The minimum absolute atomic E-state index is 0.670. The Balaban J connectivity index is 1.69. The Hall–Kier alpha value is -1.74. The quantitative estimate of drug-likeness (QED) is 0.692. The molecule has 0 aliphatic heterocycles. The van der Waals surface area contributed by atoms with Crippen LogP contribution in [0.3, 0.4) is 0 Å². The Bertz CT molecular complexity index is 676. The maximum atomic E-state index is 5.72. The van der Waals surface area contributed by atoms with Crippen LogP contribution >= 0.6 is 15.9 Å². The summed E-state index contributed by atoms with van der Waals surface area (Å²) in [6, 6.07) is 18.4. The number of halogens is 1. The van der Waals surface area contributed by atoms with E-state index in [1.807, 2.05) is 30.3 Å². The lowest BCUT2D eigenvalue weighted by atomic mass is 10.2. The fourth-order valence-electron chi connectivity index (χ4n) is 2.14. The highest BCUT2D eigenvalue weighted by molar-refractivity contribution is 9.10. The number of benzene rings is 2. The number of rotatable bonds is 4. The molecule has 3 heteroatoms. The first-order chi connectivity index (χ1) is 9.33. The van der Waals surface area contributed by atoms with Gasteiger partial charge in [0.1, 0.15) is 12.4 Å². The molecule has 2 nitrogen and oxygen atoms in total. The number of aromatic nitrogens is 1. The van der Waals surface area contributed by atoms with Crippen molar-refractivity contribution in [3.8, 4) is 5.75 Å². The molecule has 3 rings (SSSR count). The van der Waals surface area contributed by atoms with Crippen LogP contribution in [0, 0.1) is 0 Å². The topological polar surface area (TPSA) is 14.2 Å². The maximum absolute atomic E-state index is 5.72. The molecule has 0 spiro atoms. The molecule has 96 valence electrons. The smallest absolute Gasteiger partial charge is 0.119 e. The van der Waals surface area contributed by atoms with Gasteiger partial charge in [0, 0.05) is 21.6 Å². The molecule has 0 bridgehead atoms. The largest absolute Gasteiger partial charge is 0.492 e. The lowest BCUT2D eigenvalue weighted by Gasteiger charge is -2.08. The molecular formula is C16H14BrNO. The summed E-state index contributed by atoms with van der Waals surface area (Å²) in [5, 5.41) is 1.24. The summed E-state index contributed by atoms with van der Waals surface area (Å²) in [5.74, 6) is 0.918. The molecule has 0 saturated heterocycles. The van der Waals surface area contributed by atoms with Gasteiger partial charge in [0.15, 0.2) is 0 Å². The van der Waals surface area contributed by atoms with E-state index in [1.165, 1.54) is 10.9 Å². The van der Waals surface area contributed by atoms with Gasteiger partial charge < -0.3 is 9.30 Å². The molecule has 19 heavy (non-hydrogen) atoms. The van der Waals surface area contributed by atoms with Crippen LogP contribution in [0.1, 0.15) is 0 Å². The Morgan fingerprint density at radius 2 is 1.84 bits per heavy atom. The minimum atomic E-state index is 0.670. The van der Waals surface area contributed by atoms with Crippen LogP contribution in [-0.2, 0) is 6.54 Å². The fourth-order valence-corrected chi connectivity index (χ4v) is 2.52. The van der Waals surface area contributed by atoms with Crippen molar-refractivity contribution in [1.29, 1.82) is 0 Å². The standard InChI is InChI=1S/C16H14BrNO/c17-14-6-7-16-13(12-14)8-9-18(16)10-11-19-15-4-2-1-3-5-15/h1-9,12H,10-11H2. The van der Waals surface area contributed by atoms with Gasteiger partial charge in [-0.15, -0.1) is 0 Å². The molecule has 0 radical (unpaired) electrons. The number of nitrogens with zero attached hydrogens (tertiary/aromatic N) is 1. The summed E-state index contributed by atoms with van der Waals surface area (Å²) in [5.41, 5.74) is 1.24. The number of hydrogen-bond acceptors (Lipinski definition) is 1. The summed E-state index contributed by atoms with van der Waals surface area (Å²) in [6.45, 7) is 1.52. The van der Waals surface area contributed by atoms with E-state index in [0.717, 1.165) is 16.8 Å². The predicted octanol–water partition coefficient (Wildman–Crippen LogP) is 4.48. The molecule has 0 saturated carbocycles. The van der Waals surface area contributed by atoms with E-state index in [0.29, 0.717) is 6.61 Å². The van der Waals surface area contributed by atoms with Crippen molar-refractivity contribution in [2.24, 2.45) is 0 Å². The highest BCUT2D eigenvalue weighted by Gasteiger charge is 2.01. The van der Waals surface area contributed by atoms with Crippen molar-refractivity contribution >= 4 is 26.8 Å². The summed E-state index contributed by atoms with van der Waals surface area (Å²) in [4.78, 5) is 0. The number of para-hydroxylation sites is 1. The van der Waals surface area contributed by atoms with Crippen LogP contribution in [0.5, 0.6) is 5.75 Å². The molecule has 3 aromatic rings. The Morgan fingerprint density at radius 1 is 1.00 bits per heavy atom. The third-order valence-corrected chi connectivity index (χ3v) is 3.57. The molecule has 0 aliphatic rings. The molecule has 1 aromatic heterocycles. The predicted molar refractivity (Wildman–Crippen MR) is 81.6 cm³/mol. The number of ether oxygens (including phenoxy) is 1. The summed E-state index contributed by atoms with van der Waals surface area (Å²) >= 11 is 3.49. The average Bonchev–Trinajstić information content (AvgIpc) is 2.82. The van der Waals surface area contributed by atoms with Crippen LogP contribution in [0.25, 0.3) is 10.9 Å². The molecule has 0 aliphatic carbocycles. The van der Waals surface area contributed by atoms with E-state index >= 15 is 0 Å². The Morgan fingerprint density at radius 3 is 2.68 bits per heavy atom. The van der Waals surface area contributed by atoms with Crippen molar-refractivity contribution in [2.45, 2.75) is 6.54 Å². The second kappa shape index (κ2) is 5.49. The Kier molecular flexibility index (Phi) is 3.56. The van der Waals surface area contributed by atoms with E-state index in [2.05, 4.69) is 51.0 Å². The van der Waals surface area contributed by atoms with Crippen molar-refractivity contribution in [3.63, 3.8) is 0 Å². The zero-order chi connectivity index (χ0) is 13.1. The summed E-state index contributed by atoms with van der Waals surface area (Å²) < 4.78 is 9.04. The molecule has 0 fully saturated rings. The lowest BCUT2D eigenvalue weighted by molar-refractivity contribution is 0.300. The molecule has 1 heterocycles. The van der Waals surface area contributed by atoms with Gasteiger partial charge in [0.2, 0.25) is 0 Å². The van der Waals surface area contributed by atoms with Crippen molar-refractivity contribution < 1.29 is 4.74 Å². The van der Waals surface area contributed by atoms with Gasteiger partial charge in [-0.1, -0.05) is 34.1 Å². The first-order valence-corrected chi connectivity index (χ1v) is 7.04. The van der Waals surface area contributed by atoms with Crippen LogP contribution < -0.4 is 4.74 Å². The van der Waals surface area contributed by atoms with Crippen LogP contribution in [0.2, 0.25) is 0 Å². The lowest BCUT2D eigenvalue weighted by Crippen LogP contribution is -2.06. The molecule has 0 unspecified atom stereocenters. The van der Waals surface area contributed by atoms with Gasteiger partial charge in [0.05, 0.1) is 6.54 Å². The van der Waals surface area contributed by atoms with Crippen LogP contribution in [0.4, 0.5) is 0 Å². The summed E-state index contributed by atoms with van der Waals surface area (Å²) in [7, 11) is 0. The normalized spacial score (nSPS) is 10.8. The highest BCUT2D eigenvalue weighted by Crippen LogP contribution is 2.20. The van der Waals surface area contributed by atoms with Gasteiger partial charge in [-0.3, -0.25) is 0 Å². The van der Waals surface area contributed by atoms with E-state index < -0.39 is 0 Å². The van der Waals surface area contributed by atoms with Crippen LogP contribution in [-0.4, -0.2) is 11.2 Å². The second-order valence-corrected chi connectivity index (χ2v) is 5.29. The molecule has 0 amide bonds. The van der Waals surface area contributed by atoms with Gasteiger partial charge in [0.25, 0.3) is 0 Å². The highest BCUT2D eigenvalue weighted by atomic mass is 79.9. The van der Waals surface area contributed by atoms with Gasteiger partial charge >= 0.3 is 0 Å². The maximum Gasteiger partial charge on any atom is 0.119 e. The molecular weight excluding hydrogens is 302 g/mol. The van der Waals surface area contributed by atoms with Gasteiger partial charge in [-0.05, 0) is 36.4 Å². The SMILES string of the molecule is Brc1ccc2c(ccn2CCOc2ccccc2)c1. The average molecular weight is 316 g/mol. The third kappa shape index (κ3) is 2.82. The molecule has 2 aromatic carbocycles. The van der Waals surface area contributed by atoms with E-state index in [1.54, 1.807) is 0 Å². The second-order valence-electron chi connectivity index (χ2n) is 4.37. The minimum Gasteiger partial charge on any atom is -0.492 e. The summed E-state index contributed by atoms with van der Waals surface area (Å²) in [6.07, 6.45) is 2.10. The van der Waals surface area contributed by atoms with E-state index in [-0.39, 0.29) is 0 Å². The monoisotopic (exact) mass is 315 g/mol. The van der Waals surface area contributed by atoms with Crippen LogP contribution in [0.15, 0.2) is 65.3 Å². The van der Waals surface area contributed by atoms with Gasteiger partial charge in [-0.25, -0.2) is 0 Å². The molecule has 0 atom stereocenters. The Labute approximate surface area is 120 Å². The zero-order valence-corrected chi connectivity index (χ0v) is 12.0. The van der Waals surface area contributed by atoms with Crippen molar-refractivity contribution in [2.75, 3.05) is 6.61 Å².